The van der Waals surface area contributed by atoms with Crippen LogP contribution in [0.4, 0.5) is 0 Å². The van der Waals surface area contributed by atoms with Gasteiger partial charge in [-0.15, -0.1) is 0 Å². The molecule has 0 unspecified atom stereocenters. The second-order valence-electron chi connectivity index (χ2n) is 7.20. The van der Waals surface area contributed by atoms with E-state index in [4.69, 9.17) is 9.15 Å². The van der Waals surface area contributed by atoms with Gasteiger partial charge in [0.15, 0.2) is 5.76 Å². The van der Waals surface area contributed by atoms with Gasteiger partial charge in [0, 0.05) is 22.6 Å². The van der Waals surface area contributed by atoms with E-state index in [0.29, 0.717) is 11.1 Å². The Morgan fingerprint density at radius 1 is 1.00 bits per heavy atom. The number of ether oxygens (including phenoxy) is 1. The summed E-state index contributed by atoms with van der Waals surface area (Å²) in [5.74, 6) is 1.01. The number of rotatable bonds is 3. The number of furan rings is 1. The summed E-state index contributed by atoms with van der Waals surface area (Å²) in [6, 6.07) is 18.1. The third kappa shape index (κ3) is 2.99. The van der Waals surface area contributed by atoms with Gasteiger partial charge in [-0.05, 0) is 48.7 Å². The second-order valence-corrected chi connectivity index (χ2v) is 7.20. The lowest BCUT2D eigenvalue weighted by molar-refractivity contribution is 0.101. The van der Waals surface area contributed by atoms with E-state index in [2.05, 4.69) is 0 Å². The summed E-state index contributed by atoms with van der Waals surface area (Å²) in [4.78, 5) is 13.3. The van der Waals surface area contributed by atoms with Gasteiger partial charge in [-0.2, -0.15) is 0 Å². The number of hydrogen-bond donors (Lipinski definition) is 1. The zero-order valence-electron chi connectivity index (χ0n) is 15.8. The first-order chi connectivity index (χ1) is 14.1. The highest BCUT2D eigenvalue weighted by Crippen LogP contribution is 2.40. The molecule has 29 heavy (non-hydrogen) atoms. The van der Waals surface area contributed by atoms with E-state index in [9.17, 15) is 9.90 Å². The quantitative estimate of drug-likeness (QED) is 0.455. The fraction of sp³-hybridized carbons (Fsp3) is 0.0800. The monoisotopic (exact) mass is 382 g/mol. The van der Waals surface area contributed by atoms with Crippen molar-refractivity contribution in [3.8, 4) is 22.6 Å². The Kier molecular flexibility index (Phi) is 3.98. The maximum atomic E-state index is 13.3. The van der Waals surface area contributed by atoms with Crippen molar-refractivity contribution in [2.45, 2.75) is 13.3 Å². The van der Waals surface area contributed by atoms with Gasteiger partial charge in [0.25, 0.3) is 0 Å². The predicted octanol–water partition coefficient (Wildman–Crippen LogP) is 5.79. The molecule has 0 aliphatic carbocycles. The molecule has 1 aliphatic heterocycles. The van der Waals surface area contributed by atoms with Crippen molar-refractivity contribution in [2.75, 3.05) is 0 Å². The number of allylic oxidation sites excluding steroid dienone is 1. The van der Waals surface area contributed by atoms with Crippen LogP contribution in [0.2, 0.25) is 0 Å². The molecule has 1 N–H and O–H groups in total. The summed E-state index contributed by atoms with van der Waals surface area (Å²) in [6.45, 7) is 1.98. The SMILES string of the molecule is Cc1ccc(C(=O)c2oc3cc4c(cc3c2-c2ccc(O)cc2)CC=CO4)cc1. The molecule has 0 bridgehead atoms. The number of ketones is 1. The van der Waals surface area contributed by atoms with Crippen molar-refractivity contribution in [3.05, 3.63) is 95.5 Å². The Morgan fingerprint density at radius 2 is 1.76 bits per heavy atom. The Morgan fingerprint density at radius 3 is 2.52 bits per heavy atom. The Balaban J connectivity index is 1.75. The van der Waals surface area contributed by atoms with Crippen LogP contribution in [0, 0.1) is 6.92 Å². The van der Waals surface area contributed by atoms with Crippen molar-refractivity contribution in [1.82, 2.24) is 0 Å². The van der Waals surface area contributed by atoms with Crippen molar-refractivity contribution in [1.29, 1.82) is 0 Å². The summed E-state index contributed by atoms with van der Waals surface area (Å²) in [5, 5.41) is 10.5. The molecule has 0 fully saturated rings. The first-order valence-corrected chi connectivity index (χ1v) is 9.42. The second kappa shape index (κ2) is 6.67. The first-order valence-electron chi connectivity index (χ1n) is 9.42. The predicted molar refractivity (Wildman–Crippen MR) is 111 cm³/mol. The van der Waals surface area contributed by atoms with Gasteiger partial charge < -0.3 is 14.3 Å². The highest BCUT2D eigenvalue weighted by Gasteiger charge is 2.25. The number of carbonyl (C=O) groups excluding carboxylic acids is 1. The molecule has 1 aromatic heterocycles. The lowest BCUT2D eigenvalue weighted by atomic mass is 9.96. The van der Waals surface area contributed by atoms with E-state index in [1.165, 1.54) is 0 Å². The molecule has 0 saturated carbocycles. The molecule has 3 aromatic carbocycles. The average Bonchev–Trinajstić information content (AvgIpc) is 3.11. The number of benzene rings is 3. The molecule has 5 rings (SSSR count). The van der Waals surface area contributed by atoms with Crippen LogP contribution in [0.3, 0.4) is 0 Å². The van der Waals surface area contributed by atoms with Crippen molar-refractivity contribution < 1.29 is 19.1 Å². The average molecular weight is 382 g/mol. The van der Waals surface area contributed by atoms with E-state index in [0.717, 1.165) is 39.8 Å². The van der Waals surface area contributed by atoms with E-state index < -0.39 is 0 Å². The molecule has 4 heteroatoms. The fourth-order valence-corrected chi connectivity index (χ4v) is 3.65. The molecular weight excluding hydrogens is 364 g/mol. The van der Waals surface area contributed by atoms with Crippen LogP contribution in [0.5, 0.6) is 11.5 Å². The minimum atomic E-state index is -0.179. The molecule has 4 nitrogen and oxygen atoms in total. The standard InChI is InChI=1S/C25H18O4/c1-15-4-6-17(7-5-15)24(27)25-23(16-8-10-19(26)11-9-16)20-13-18-3-2-12-28-21(18)14-22(20)29-25/h2,4-14,26H,3H2,1H3. The maximum Gasteiger partial charge on any atom is 0.228 e. The van der Waals surface area contributed by atoms with Gasteiger partial charge in [0.1, 0.15) is 17.1 Å². The largest absolute Gasteiger partial charge is 0.508 e. The van der Waals surface area contributed by atoms with Crippen LogP contribution in [-0.4, -0.2) is 10.9 Å². The summed E-state index contributed by atoms with van der Waals surface area (Å²) >= 11 is 0. The van der Waals surface area contributed by atoms with Crippen LogP contribution in [0.25, 0.3) is 22.1 Å². The van der Waals surface area contributed by atoms with Crippen LogP contribution >= 0.6 is 0 Å². The topological polar surface area (TPSA) is 59.7 Å². The molecule has 2 heterocycles. The number of fused-ring (bicyclic) bond motifs is 2. The van der Waals surface area contributed by atoms with Gasteiger partial charge in [-0.25, -0.2) is 0 Å². The van der Waals surface area contributed by atoms with Crippen molar-refractivity contribution >= 4 is 16.8 Å². The van der Waals surface area contributed by atoms with E-state index in [-0.39, 0.29) is 17.3 Å². The minimum absolute atomic E-state index is 0.170. The van der Waals surface area contributed by atoms with E-state index >= 15 is 0 Å². The number of hydrogen-bond acceptors (Lipinski definition) is 4. The molecular formula is C25H18O4. The number of phenolic OH excluding ortho intramolecular Hbond substituents is 1. The first kappa shape index (κ1) is 17.3. The maximum absolute atomic E-state index is 13.3. The third-order valence-corrected chi connectivity index (χ3v) is 5.18. The molecule has 142 valence electrons. The lowest BCUT2D eigenvalue weighted by Gasteiger charge is -2.11. The van der Waals surface area contributed by atoms with Crippen molar-refractivity contribution in [2.24, 2.45) is 0 Å². The summed E-state index contributed by atoms with van der Waals surface area (Å²) < 4.78 is 11.7. The molecule has 0 amide bonds. The fourth-order valence-electron chi connectivity index (χ4n) is 3.65. The molecule has 0 atom stereocenters. The van der Waals surface area contributed by atoms with Gasteiger partial charge in [0.05, 0.1) is 6.26 Å². The number of aryl methyl sites for hydroxylation is 1. The van der Waals surface area contributed by atoms with Gasteiger partial charge in [0.2, 0.25) is 5.78 Å². The number of aromatic hydroxyl groups is 1. The molecule has 0 radical (unpaired) electrons. The molecule has 0 saturated heterocycles. The van der Waals surface area contributed by atoms with Gasteiger partial charge in [-0.1, -0.05) is 42.0 Å². The van der Waals surface area contributed by atoms with Crippen LogP contribution < -0.4 is 4.74 Å². The molecule has 4 aromatic rings. The van der Waals surface area contributed by atoms with E-state index in [1.54, 1.807) is 30.5 Å². The summed E-state index contributed by atoms with van der Waals surface area (Å²) in [5.41, 5.74) is 4.82. The smallest absolute Gasteiger partial charge is 0.228 e. The lowest BCUT2D eigenvalue weighted by Crippen LogP contribution is -2.01. The molecule has 0 spiro atoms. The van der Waals surface area contributed by atoms with Crippen LogP contribution in [-0.2, 0) is 6.42 Å². The highest BCUT2D eigenvalue weighted by atomic mass is 16.5. The van der Waals surface area contributed by atoms with Crippen molar-refractivity contribution in [3.63, 3.8) is 0 Å². The normalized spacial score (nSPS) is 12.6. The molecule has 1 aliphatic rings. The number of carbonyl (C=O) groups is 1. The zero-order valence-corrected chi connectivity index (χ0v) is 15.8. The Bertz CT molecular complexity index is 1260. The highest BCUT2D eigenvalue weighted by molar-refractivity contribution is 6.15. The van der Waals surface area contributed by atoms with Crippen LogP contribution in [0.15, 0.2) is 77.4 Å². The number of phenols is 1. The Labute approximate surface area is 167 Å². The minimum Gasteiger partial charge on any atom is -0.508 e. The summed E-state index contributed by atoms with van der Waals surface area (Å²) in [6.07, 6.45) is 4.37. The third-order valence-electron chi connectivity index (χ3n) is 5.18. The van der Waals surface area contributed by atoms with Crippen LogP contribution in [0.1, 0.15) is 27.2 Å². The zero-order chi connectivity index (χ0) is 20.0. The summed E-state index contributed by atoms with van der Waals surface area (Å²) in [7, 11) is 0. The van der Waals surface area contributed by atoms with Gasteiger partial charge >= 0.3 is 0 Å². The van der Waals surface area contributed by atoms with Gasteiger partial charge in [-0.3, -0.25) is 4.79 Å². The van der Waals surface area contributed by atoms with E-state index in [1.807, 2.05) is 49.4 Å². The Hall–Kier alpha value is -3.79.